The monoisotopic (exact) mass is 256 g/mol. The van der Waals surface area contributed by atoms with Crippen molar-refractivity contribution in [3.05, 3.63) is 16.4 Å². The molecule has 0 saturated heterocycles. The van der Waals surface area contributed by atoms with Crippen LogP contribution in [0.25, 0.3) is 0 Å². The molecule has 0 aliphatic carbocycles. The second-order valence-corrected chi connectivity index (χ2v) is 4.46. The lowest BCUT2D eigenvalue weighted by molar-refractivity contribution is -0.383. The number of hydrazine groups is 1. The van der Waals surface area contributed by atoms with E-state index in [9.17, 15) is 15.2 Å². The van der Waals surface area contributed by atoms with Gasteiger partial charge in [0, 0.05) is 13.6 Å². The van der Waals surface area contributed by atoms with Gasteiger partial charge in [-0.25, -0.2) is 15.8 Å². The van der Waals surface area contributed by atoms with Crippen LogP contribution in [0.3, 0.4) is 0 Å². The summed E-state index contributed by atoms with van der Waals surface area (Å²) < 4.78 is 0. The fourth-order valence-electron chi connectivity index (χ4n) is 1.58. The smallest absolute Gasteiger partial charge is 0.354 e. The second kappa shape index (κ2) is 5.10. The van der Waals surface area contributed by atoms with E-state index in [2.05, 4.69) is 15.4 Å². The number of hydrogen-bond donors (Lipinski definition) is 3. The molecule has 0 bridgehead atoms. The average molecular weight is 256 g/mol. The van der Waals surface area contributed by atoms with Crippen molar-refractivity contribution >= 4 is 17.3 Å². The van der Waals surface area contributed by atoms with E-state index in [1.54, 1.807) is 20.9 Å². The lowest BCUT2D eigenvalue weighted by Gasteiger charge is -2.26. The van der Waals surface area contributed by atoms with Crippen molar-refractivity contribution in [3.63, 3.8) is 0 Å². The van der Waals surface area contributed by atoms with Gasteiger partial charge in [-0.3, -0.25) is 10.1 Å². The van der Waals surface area contributed by atoms with Gasteiger partial charge < -0.3 is 15.4 Å². The Morgan fingerprint density at radius 1 is 1.61 bits per heavy atom. The van der Waals surface area contributed by atoms with Crippen molar-refractivity contribution in [2.75, 3.05) is 23.9 Å². The third-order valence-electron chi connectivity index (χ3n) is 2.11. The molecule has 18 heavy (non-hydrogen) atoms. The zero-order valence-electron chi connectivity index (χ0n) is 10.4. The van der Waals surface area contributed by atoms with Crippen LogP contribution in [0.2, 0.25) is 0 Å². The quantitative estimate of drug-likeness (QED) is 0.377. The molecule has 1 aromatic rings. The summed E-state index contributed by atoms with van der Waals surface area (Å²) in [7, 11) is 1.59. The van der Waals surface area contributed by atoms with Gasteiger partial charge in [-0.2, -0.15) is 0 Å². The Balaban J connectivity index is 3.19. The summed E-state index contributed by atoms with van der Waals surface area (Å²) in [5.74, 6) is 5.18. The van der Waals surface area contributed by atoms with Gasteiger partial charge in [0.15, 0.2) is 0 Å². The number of aliphatic hydroxyl groups is 1. The van der Waals surface area contributed by atoms with E-state index in [1.807, 2.05) is 0 Å². The first-order chi connectivity index (χ1) is 8.26. The van der Waals surface area contributed by atoms with Gasteiger partial charge in [-0.1, -0.05) is 0 Å². The van der Waals surface area contributed by atoms with Crippen molar-refractivity contribution in [3.8, 4) is 0 Å². The third kappa shape index (κ3) is 3.25. The van der Waals surface area contributed by atoms with E-state index in [4.69, 9.17) is 5.84 Å². The maximum absolute atomic E-state index is 11.0. The Bertz CT molecular complexity index is 444. The zero-order chi connectivity index (χ0) is 13.9. The molecule has 1 aromatic heterocycles. The first-order valence-electron chi connectivity index (χ1n) is 5.16. The van der Waals surface area contributed by atoms with Crippen molar-refractivity contribution in [1.29, 1.82) is 0 Å². The summed E-state index contributed by atoms with van der Waals surface area (Å²) in [6.07, 6.45) is 1.17. The molecular weight excluding hydrogens is 240 g/mol. The number of hydrogen-bond acceptors (Lipinski definition) is 8. The standard InChI is InChI=1S/C9H16N6O3/c1-9(2,16)4-14(3)8-6(15(17)18)7(13-10)11-5-12-8/h5,16H,4,10H2,1-3H3,(H,11,12,13). The van der Waals surface area contributed by atoms with Crippen molar-refractivity contribution in [2.45, 2.75) is 19.4 Å². The van der Waals surface area contributed by atoms with Gasteiger partial charge in [0.1, 0.15) is 6.33 Å². The normalized spacial score (nSPS) is 11.2. The van der Waals surface area contributed by atoms with E-state index in [-0.39, 0.29) is 23.9 Å². The molecule has 1 rings (SSSR count). The van der Waals surface area contributed by atoms with Crippen LogP contribution in [0.15, 0.2) is 6.33 Å². The molecule has 100 valence electrons. The Morgan fingerprint density at radius 3 is 2.67 bits per heavy atom. The highest BCUT2D eigenvalue weighted by atomic mass is 16.6. The summed E-state index contributed by atoms with van der Waals surface area (Å²) in [6, 6.07) is 0. The van der Waals surface area contributed by atoms with E-state index < -0.39 is 10.5 Å². The number of aromatic nitrogens is 2. The first kappa shape index (κ1) is 14.1. The summed E-state index contributed by atoms with van der Waals surface area (Å²) in [5, 5.41) is 20.7. The number of nitrogens with two attached hydrogens (primary N) is 1. The fraction of sp³-hybridized carbons (Fsp3) is 0.556. The maximum Gasteiger partial charge on any atom is 0.354 e. The van der Waals surface area contributed by atoms with Crippen LogP contribution >= 0.6 is 0 Å². The van der Waals surface area contributed by atoms with Gasteiger partial charge in [-0.05, 0) is 13.8 Å². The SMILES string of the molecule is CN(CC(C)(C)O)c1ncnc(NN)c1[N+](=O)[O-]. The third-order valence-corrected chi connectivity index (χ3v) is 2.11. The minimum absolute atomic E-state index is 0.0763. The number of likely N-dealkylation sites (N-methyl/N-ethyl adjacent to an activating group) is 1. The van der Waals surface area contributed by atoms with Gasteiger partial charge in [-0.15, -0.1) is 0 Å². The van der Waals surface area contributed by atoms with Crippen LogP contribution in [0.4, 0.5) is 17.3 Å². The fourth-order valence-corrected chi connectivity index (χ4v) is 1.58. The molecule has 4 N–H and O–H groups in total. The minimum Gasteiger partial charge on any atom is -0.389 e. The number of rotatable bonds is 5. The van der Waals surface area contributed by atoms with Gasteiger partial charge in [0.2, 0.25) is 11.6 Å². The van der Waals surface area contributed by atoms with Gasteiger partial charge in [0.05, 0.1) is 10.5 Å². The van der Waals surface area contributed by atoms with Crippen LogP contribution in [0, 0.1) is 10.1 Å². The zero-order valence-corrected chi connectivity index (χ0v) is 10.4. The number of nitrogens with zero attached hydrogens (tertiary/aromatic N) is 4. The Morgan fingerprint density at radius 2 is 2.22 bits per heavy atom. The predicted octanol–water partition coefficient (Wildman–Crippen LogP) is -0.122. The largest absolute Gasteiger partial charge is 0.389 e. The van der Waals surface area contributed by atoms with E-state index in [0.717, 1.165) is 0 Å². The van der Waals surface area contributed by atoms with Crippen molar-refractivity contribution in [1.82, 2.24) is 9.97 Å². The van der Waals surface area contributed by atoms with Gasteiger partial charge >= 0.3 is 5.69 Å². The molecular formula is C9H16N6O3. The highest BCUT2D eigenvalue weighted by Crippen LogP contribution is 2.30. The van der Waals surface area contributed by atoms with Crippen LogP contribution in [-0.2, 0) is 0 Å². The van der Waals surface area contributed by atoms with Gasteiger partial charge in [0.25, 0.3) is 0 Å². The lowest BCUT2D eigenvalue weighted by atomic mass is 10.1. The minimum atomic E-state index is -1.01. The van der Waals surface area contributed by atoms with E-state index in [0.29, 0.717) is 0 Å². The molecule has 0 radical (unpaired) electrons. The Kier molecular flexibility index (Phi) is 3.99. The molecule has 1 heterocycles. The predicted molar refractivity (Wildman–Crippen MR) is 66.1 cm³/mol. The molecule has 0 fully saturated rings. The molecule has 0 amide bonds. The molecule has 0 aliphatic heterocycles. The van der Waals surface area contributed by atoms with Crippen molar-refractivity contribution < 1.29 is 10.0 Å². The Hall–Kier alpha value is -2.00. The number of nitrogen functional groups attached to an aromatic ring is 1. The van der Waals surface area contributed by atoms with Crippen LogP contribution in [-0.4, -0.2) is 39.2 Å². The topological polar surface area (TPSA) is 130 Å². The second-order valence-electron chi connectivity index (χ2n) is 4.46. The molecule has 0 atom stereocenters. The molecule has 0 aliphatic rings. The number of anilines is 2. The molecule has 9 heteroatoms. The summed E-state index contributed by atoms with van der Waals surface area (Å²) in [6.45, 7) is 3.37. The summed E-state index contributed by atoms with van der Waals surface area (Å²) in [4.78, 5) is 19.4. The molecule has 0 spiro atoms. The van der Waals surface area contributed by atoms with Crippen molar-refractivity contribution in [2.24, 2.45) is 5.84 Å². The van der Waals surface area contributed by atoms with E-state index in [1.165, 1.54) is 11.2 Å². The highest BCUT2D eigenvalue weighted by Gasteiger charge is 2.27. The molecule has 9 nitrogen and oxygen atoms in total. The molecule has 0 saturated carbocycles. The first-order valence-corrected chi connectivity index (χ1v) is 5.16. The number of nitro groups is 1. The van der Waals surface area contributed by atoms with Crippen LogP contribution < -0.4 is 16.2 Å². The average Bonchev–Trinajstić information content (AvgIpc) is 2.25. The summed E-state index contributed by atoms with van der Waals surface area (Å²) >= 11 is 0. The molecule has 0 unspecified atom stereocenters. The summed E-state index contributed by atoms with van der Waals surface area (Å²) in [5.41, 5.74) is 0.816. The number of nitrogens with one attached hydrogen (secondary N) is 1. The maximum atomic E-state index is 11.0. The molecule has 0 aromatic carbocycles. The lowest BCUT2D eigenvalue weighted by Crippen LogP contribution is -2.37. The van der Waals surface area contributed by atoms with Crippen LogP contribution in [0.1, 0.15) is 13.8 Å². The van der Waals surface area contributed by atoms with E-state index >= 15 is 0 Å². The van der Waals surface area contributed by atoms with Crippen LogP contribution in [0.5, 0.6) is 0 Å². The Labute approximate surface area is 104 Å². The highest BCUT2D eigenvalue weighted by molar-refractivity contribution is 5.69.